The molecule has 0 unspecified atom stereocenters. The van der Waals surface area contributed by atoms with Crippen molar-refractivity contribution in [3.63, 3.8) is 0 Å². The number of amides is 1. The van der Waals surface area contributed by atoms with Crippen molar-refractivity contribution in [1.29, 1.82) is 0 Å². The number of hydrogen-bond acceptors (Lipinski definition) is 6. The van der Waals surface area contributed by atoms with Crippen molar-refractivity contribution in [3.05, 3.63) is 39.0 Å². The van der Waals surface area contributed by atoms with Crippen molar-refractivity contribution in [2.24, 2.45) is 0 Å². The summed E-state index contributed by atoms with van der Waals surface area (Å²) in [6, 6.07) is 1.47. The summed E-state index contributed by atoms with van der Waals surface area (Å²) in [5, 5.41) is 7.94. The fraction of sp³-hybridized carbons (Fsp3) is 0.478. The Bertz CT molecular complexity index is 1260. The number of fused-ring (bicyclic) bond motifs is 2. The van der Waals surface area contributed by atoms with Gasteiger partial charge in [0.1, 0.15) is 11.5 Å². The maximum atomic E-state index is 13.8. The molecular weight excluding hydrogens is 450 g/mol. The quantitative estimate of drug-likeness (QED) is 0.513. The van der Waals surface area contributed by atoms with E-state index < -0.39 is 18.3 Å². The molecule has 2 aliphatic carbocycles. The molecule has 0 spiro atoms. The lowest BCUT2D eigenvalue weighted by atomic mass is 9.95. The lowest BCUT2D eigenvalue weighted by Gasteiger charge is -2.12. The highest BCUT2D eigenvalue weighted by atomic mass is 32.1. The van der Waals surface area contributed by atoms with Gasteiger partial charge in [0.25, 0.3) is 6.43 Å². The minimum absolute atomic E-state index is 0.0926. The highest BCUT2D eigenvalue weighted by molar-refractivity contribution is 7.17. The van der Waals surface area contributed by atoms with Crippen LogP contribution >= 0.6 is 11.3 Å². The molecule has 1 amide bonds. The van der Waals surface area contributed by atoms with Crippen LogP contribution in [0, 0.1) is 6.92 Å². The van der Waals surface area contributed by atoms with Gasteiger partial charge in [0, 0.05) is 22.1 Å². The number of aryl methyl sites for hydroxylation is 2. The van der Waals surface area contributed by atoms with Gasteiger partial charge in [-0.25, -0.2) is 23.2 Å². The summed E-state index contributed by atoms with van der Waals surface area (Å²) in [4.78, 5) is 31.1. The Morgan fingerprint density at radius 1 is 1.30 bits per heavy atom. The average molecular weight is 475 g/mol. The summed E-state index contributed by atoms with van der Waals surface area (Å²) in [6.45, 7) is 1.45. The number of methoxy groups -OCH3 is 1. The number of halogens is 2. The Morgan fingerprint density at radius 3 is 2.76 bits per heavy atom. The molecule has 0 radical (unpaired) electrons. The van der Waals surface area contributed by atoms with Gasteiger partial charge < -0.3 is 10.1 Å². The number of anilines is 1. The second-order valence-electron chi connectivity index (χ2n) is 8.61. The zero-order valence-electron chi connectivity index (χ0n) is 18.4. The molecule has 33 heavy (non-hydrogen) atoms. The van der Waals surface area contributed by atoms with Crippen molar-refractivity contribution >= 4 is 39.2 Å². The first kappa shape index (κ1) is 21.9. The van der Waals surface area contributed by atoms with Gasteiger partial charge >= 0.3 is 5.97 Å². The molecule has 1 N–H and O–H groups in total. The molecule has 5 rings (SSSR count). The van der Waals surface area contributed by atoms with Crippen molar-refractivity contribution in [1.82, 2.24) is 14.8 Å². The van der Waals surface area contributed by atoms with Crippen LogP contribution < -0.4 is 5.32 Å². The summed E-state index contributed by atoms with van der Waals surface area (Å²) in [7, 11) is 1.32. The number of pyridine rings is 1. The smallest absolute Gasteiger partial charge is 0.341 e. The lowest BCUT2D eigenvalue weighted by Crippen LogP contribution is -2.21. The Kier molecular flexibility index (Phi) is 5.64. The normalized spacial score (nSPS) is 15.7. The third-order valence-electron chi connectivity index (χ3n) is 6.27. The van der Waals surface area contributed by atoms with E-state index in [1.165, 1.54) is 29.2 Å². The molecule has 0 atom stereocenters. The first-order chi connectivity index (χ1) is 15.9. The molecule has 1 fully saturated rings. The van der Waals surface area contributed by atoms with Crippen LogP contribution in [0.1, 0.15) is 75.8 Å². The van der Waals surface area contributed by atoms with Gasteiger partial charge in [0.15, 0.2) is 5.65 Å². The van der Waals surface area contributed by atoms with Crippen LogP contribution in [0.4, 0.5) is 13.8 Å². The molecule has 2 aliphatic rings. The van der Waals surface area contributed by atoms with E-state index >= 15 is 0 Å². The maximum Gasteiger partial charge on any atom is 0.341 e. The number of nitrogens with zero attached hydrogens (tertiary/aromatic N) is 3. The first-order valence-corrected chi connectivity index (χ1v) is 11.9. The van der Waals surface area contributed by atoms with E-state index in [0.717, 1.165) is 49.0 Å². The lowest BCUT2D eigenvalue weighted by molar-refractivity contribution is -0.116. The van der Waals surface area contributed by atoms with Gasteiger partial charge in [0.2, 0.25) is 5.91 Å². The van der Waals surface area contributed by atoms with Crippen molar-refractivity contribution in [2.75, 3.05) is 12.4 Å². The van der Waals surface area contributed by atoms with Crippen LogP contribution in [0.5, 0.6) is 0 Å². The van der Waals surface area contributed by atoms with Crippen LogP contribution in [0.15, 0.2) is 6.07 Å². The first-order valence-electron chi connectivity index (χ1n) is 11.1. The van der Waals surface area contributed by atoms with Crippen LogP contribution in [0.3, 0.4) is 0 Å². The molecular formula is C23H24F2N4O3S. The summed E-state index contributed by atoms with van der Waals surface area (Å²) in [6.07, 6.45) is 2.87. The number of ether oxygens (including phenoxy) is 1. The SMILES string of the molecule is COC(=O)c1c(NC(=O)Cn2nc(C)c3c(C(F)F)cc(C4CC4)nc32)sc2c1CCCC2. The van der Waals surface area contributed by atoms with Gasteiger partial charge in [-0.2, -0.15) is 5.10 Å². The van der Waals surface area contributed by atoms with Gasteiger partial charge in [-0.05, 0) is 57.1 Å². The number of thiophene rings is 1. The fourth-order valence-electron chi connectivity index (χ4n) is 4.55. The molecule has 10 heteroatoms. The summed E-state index contributed by atoms with van der Waals surface area (Å²) >= 11 is 1.40. The molecule has 3 aromatic heterocycles. The minimum atomic E-state index is -2.65. The predicted molar refractivity (Wildman–Crippen MR) is 120 cm³/mol. The van der Waals surface area contributed by atoms with Crippen LogP contribution in [0.2, 0.25) is 0 Å². The van der Waals surface area contributed by atoms with E-state index in [9.17, 15) is 18.4 Å². The van der Waals surface area contributed by atoms with Gasteiger partial charge in [-0.3, -0.25) is 4.79 Å². The Hall–Kier alpha value is -2.88. The zero-order valence-corrected chi connectivity index (χ0v) is 19.2. The summed E-state index contributed by atoms with van der Waals surface area (Å²) < 4.78 is 33.9. The van der Waals surface area contributed by atoms with Crippen molar-refractivity contribution in [2.45, 2.75) is 64.3 Å². The monoisotopic (exact) mass is 474 g/mol. The largest absolute Gasteiger partial charge is 0.465 e. The van der Waals surface area contributed by atoms with E-state index in [1.807, 2.05) is 0 Å². The highest BCUT2D eigenvalue weighted by Crippen LogP contribution is 2.42. The van der Waals surface area contributed by atoms with E-state index in [2.05, 4.69) is 15.4 Å². The molecule has 3 aromatic rings. The van der Waals surface area contributed by atoms with E-state index in [-0.39, 0.29) is 18.0 Å². The van der Waals surface area contributed by atoms with Crippen molar-refractivity contribution < 1.29 is 23.1 Å². The molecule has 1 saturated carbocycles. The van der Waals surface area contributed by atoms with Gasteiger partial charge in [-0.15, -0.1) is 11.3 Å². The molecule has 0 saturated heterocycles. The minimum Gasteiger partial charge on any atom is -0.465 e. The molecule has 7 nitrogen and oxygen atoms in total. The number of nitrogens with one attached hydrogen (secondary N) is 1. The molecule has 174 valence electrons. The van der Waals surface area contributed by atoms with E-state index in [4.69, 9.17) is 4.74 Å². The molecule has 0 bridgehead atoms. The number of aromatic nitrogens is 3. The number of rotatable bonds is 6. The average Bonchev–Trinajstić information content (AvgIpc) is 3.52. The third-order valence-corrected chi connectivity index (χ3v) is 7.47. The number of alkyl halides is 2. The molecule has 0 aliphatic heterocycles. The Morgan fingerprint density at radius 2 is 2.06 bits per heavy atom. The fourth-order valence-corrected chi connectivity index (χ4v) is 5.85. The van der Waals surface area contributed by atoms with Gasteiger partial charge in [0.05, 0.1) is 23.8 Å². The second kappa shape index (κ2) is 8.48. The summed E-state index contributed by atoms with van der Waals surface area (Å²) in [5.41, 5.74) is 2.60. The summed E-state index contributed by atoms with van der Waals surface area (Å²) in [5.74, 6) is -0.688. The number of carbonyl (C=O) groups is 2. The standard InChI is InChI=1S/C23H24F2N4O3S/c1-11-18-14(20(24)25)9-15(12-7-8-12)26-21(18)29(28-11)10-17(30)27-22-19(23(31)32-2)13-5-3-4-6-16(13)33-22/h9,12,20H,3-8,10H2,1-2H3,(H,27,30). The van der Waals surface area contributed by atoms with Crippen molar-refractivity contribution in [3.8, 4) is 0 Å². The highest BCUT2D eigenvalue weighted by Gasteiger charge is 2.30. The molecule has 0 aromatic carbocycles. The number of esters is 1. The zero-order chi connectivity index (χ0) is 23.3. The Balaban J connectivity index is 1.47. The van der Waals surface area contributed by atoms with Crippen LogP contribution in [0.25, 0.3) is 11.0 Å². The maximum absolute atomic E-state index is 13.8. The second-order valence-corrected chi connectivity index (χ2v) is 9.71. The third kappa shape index (κ3) is 4.01. The number of carbonyl (C=O) groups excluding carboxylic acids is 2. The van der Waals surface area contributed by atoms with E-state index in [0.29, 0.717) is 33.0 Å². The topological polar surface area (TPSA) is 86.1 Å². The number of hydrogen-bond donors (Lipinski definition) is 1. The van der Waals surface area contributed by atoms with E-state index in [1.54, 1.807) is 6.92 Å². The van der Waals surface area contributed by atoms with Gasteiger partial charge in [-0.1, -0.05) is 0 Å². The van der Waals surface area contributed by atoms with Crippen LogP contribution in [-0.2, 0) is 28.9 Å². The van der Waals surface area contributed by atoms with Crippen LogP contribution in [-0.4, -0.2) is 33.8 Å². The Labute approximate surface area is 193 Å². The predicted octanol–water partition coefficient (Wildman–Crippen LogP) is 4.92. The molecule has 3 heterocycles.